The smallest absolute Gasteiger partial charge is 0.340 e. The number of hydrogen-bond donors (Lipinski definition) is 0. The standard InChI is InChI=1S/C9H7I3O3/c1-14-8-5(11)3-4(10)6(7(8)12)9(13)15-2/h3H,1-2H3. The second-order valence-electron chi connectivity index (χ2n) is 2.55. The van der Waals surface area contributed by atoms with E-state index in [0.717, 1.165) is 16.5 Å². The van der Waals surface area contributed by atoms with Gasteiger partial charge in [0.15, 0.2) is 0 Å². The summed E-state index contributed by atoms with van der Waals surface area (Å²) in [5, 5.41) is 0. The highest BCUT2D eigenvalue weighted by atomic mass is 127. The summed E-state index contributed by atoms with van der Waals surface area (Å²) in [6.45, 7) is 0. The molecular weight excluding hydrogens is 537 g/mol. The number of rotatable bonds is 2. The molecule has 1 aromatic carbocycles. The molecule has 0 spiro atoms. The van der Waals surface area contributed by atoms with Gasteiger partial charge < -0.3 is 9.47 Å². The summed E-state index contributed by atoms with van der Waals surface area (Å²) in [6, 6.07) is 1.90. The third-order valence-electron chi connectivity index (χ3n) is 1.72. The van der Waals surface area contributed by atoms with Crippen molar-refractivity contribution in [2.75, 3.05) is 14.2 Å². The van der Waals surface area contributed by atoms with Crippen molar-refractivity contribution in [2.24, 2.45) is 0 Å². The molecule has 0 aliphatic rings. The van der Waals surface area contributed by atoms with Crippen LogP contribution in [-0.2, 0) is 4.74 Å². The molecule has 0 fully saturated rings. The van der Waals surface area contributed by atoms with Gasteiger partial charge in [0.05, 0.1) is 26.9 Å². The minimum absolute atomic E-state index is 0.335. The Hall–Kier alpha value is 0.680. The summed E-state index contributed by atoms with van der Waals surface area (Å²) < 4.78 is 12.6. The molecule has 6 heteroatoms. The summed E-state index contributed by atoms with van der Waals surface area (Å²) in [4.78, 5) is 11.5. The van der Waals surface area contributed by atoms with E-state index in [9.17, 15) is 4.79 Å². The van der Waals surface area contributed by atoms with Crippen molar-refractivity contribution in [2.45, 2.75) is 0 Å². The van der Waals surface area contributed by atoms with Gasteiger partial charge >= 0.3 is 5.97 Å². The van der Waals surface area contributed by atoms with E-state index < -0.39 is 0 Å². The molecule has 3 nitrogen and oxygen atoms in total. The molecule has 0 radical (unpaired) electrons. The molecule has 0 atom stereocenters. The van der Waals surface area contributed by atoms with Crippen molar-refractivity contribution in [1.82, 2.24) is 0 Å². The predicted molar refractivity (Wildman–Crippen MR) is 82.5 cm³/mol. The highest BCUT2D eigenvalue weighted by Crippen LogP contribution is 2.33. The van der Waals surface area contributed by atoms with Crippen LogP contribution in [0.2, 0.25) is 0 Å². The van der Waals surface area contributed by atoms with E-state index in [4.69, 9.17) is 9.47 Å². The topological polar surface area (TPSA) is 35.5 Å². The van der Waals surface area contributed by atoms with Crippen LogP contribution in [0.15, 0.2) is 6.07 Å². The van der Waals surface area contributed by atoms with Crippen LogP contribution >= 0.6 is 67.8 Å². The molecular formula is C9H7I3O3. The van der Waals surface area contributed by atoms with Gasteiger partial charge in [-0.3, -0.25) is 0 Å². The SMILES string of the molecule is COC(=O)c1c(I)cc(I)c(OC)c1I. The lowest BCUT2D eigenvalue weighted by atomic mass is 10.2. The third-order valence-corrected chi connectivity index (χ3v) is 4.40. The van der Waals surface area contributed by atoms with Crippen LogP contribution in [0.4, 0.5) is 0 Å². The van der Waals surface area contributed by atoms with Crippen LogP contribution in [0.1, 0.15) is 10.4 Å². The van der Waals surface area contributed by atoms with Crippen LogP contribution in [0, 0.1) is 10.7 Å². The van der Waals surface area contributed by atoms with Gasteiger partial charge in [0, 0.05) is 3.57 Å². The Labute approximate surface area is 129 Å². The molecule has 82 valence electrons. The minimum Gasteiger partial charge on any atom is -0.495 e. The van der Waals surface area contributed by atoms with Crippen molar-refractivity contribution in [3.8, 4) is 5.75 Å². The molecule has 0 bridgehead atoms. The van der Waals surface area contributed by atoms with Crippen molar-refractivity contribution < 1.29 is 14.3 Å². The average molecular weight is 544 g/mol. The first-order valence-corrected chi connectivity index (χ1v) is 7.06. The number of hydrogen-bond acceptors (Lipinski definition) is 3. The van der Waals surface area contributed by atoms with E-state index in [1.807, 2.05) is 6.07 Å². The molecule has 0 aliphatic carbocycles. The minimum atomic E-state index is -0.335. The van der Waals surface area contributed by atoms with Gasteiger partial charge in [-0.2, -0.15) is 0 Å². The monoisotopic (exact) mass is 544 g/mol. The number of carbonyl (C=O) groups excluding carboxylic acids is 1. The second kappa shape index (κ2) is 5.84. The van der Waals surface area contributed by atoms with E-state index in [1.165, 1.54) is 7.11 Å². The molecule has 1 rings (SSSR count). The number of carbonyl (C=O) groups is 1. The van der Waals surface area contributed by atoms with Crippen LogP contribution in [0.5, 0.6) is 5.75 Å². The first-order valence-electron chi connectivity index (χ1n) is 3.82. The first-order chi connectivity index (χ1) is 7.02. The lowest BCUT2D eigenvalue weighted by Gasteiger charge is -2.11. The van der Waals surface area contributed by atoms with Crippen LogP contribution < -0.4 is 4.74 Å². The Bertz CT molecular complexity index is 404. The number of halogens is 3. The van der Waals surface area contributed by atoms with Crippen molar-refractivity contribution in [3.05, 3.63) is 22.3 Å². The molecule has 0 heterocycles. The van der Waals surface area contributed by atoms with Crippen molar-refractivity contribution in [3.63, 3.8) is 0 Å². The number of ether oxygens (including phenoxy) is 2. The van der Waals surface area contributed by atoms with Gasteiger partial charge in [-0.25, -0.2) is 4.79 Å². The normalized spacial score (nSPS) is 9.93. The fraction of sp³-hybridized carbons (Fsp3) is 0.222. The summed E-state index contributed by atoms with van der Waals surface area (Å²) in [5.74, 6) is 0.385. The van der Waals surface area contributed by atoms with Gasteiger partial charge in [0.1, 0.15) is 5.75 Å². The molecule has 0 aromatic heterocycles. The highest BCUT2D eigenvalue weighted by molar-refractivity contribution is 14.1. The van der Waals surface area contributed by atoms with E-state index in [1.54, 1.807) is 7.11 Å². The lowest BCUT2D eigenvalue weighted by Crippen LogP contribution is -2.08. The van der Waals surface area contributed by atoms with Crippen molar-refractivity contribution in [1.29, 1.82) is 0 Å². The number of methoxy groups -OCH3 is 2. The van der Waals surface area contributed by atoms with E-state index in [2.05, 4.69) is 67.8 Å². The maximum atomic E-state index is 11.5. The largest absolute Gasteiger partial charge is 0.495 e. The zero-order valence-corrected chi connectivity index (χ0v) is 14.4. The maximum Gasteiger partial charge on any atom is 0.340 e. The molecule has 0 saturated carbocycles. The quantitative estimate of drug-likeness (QED) is 0.424. The van der Waals surface area contributed by atoms with Crippen LogP contribution in [0.3, 0.4) is 0 Å². The fourth-order valence-electron chi connectivity index (χ4n) is 1.05. The van der Waals surface area contributed by atoms with Gasteiger partial charge in [-0.05, 0) is 73.8 Å². The van der Waals surface area contributed by atoms with E-state index >= 15 is 0 Å². The Morgan fingerprint density at radius 1 is 1.20 bits per heavy atom. The van der Waals surface area contributed by atoms with E-state index in [0.29, 0.717) is 5.56 Å². The second-order valence-corrected chi connectivity index (χ2v) is 5.96. The zero-order valence-electron chi connectivity index (χ0n) is 7.94. The summed E-state index contributed by atoms with van der Waals surface area (Å²) in [6.07, 6.45) is 0. The Morgan fingerprint density at radius 2 is 1.80 bits per heavy atom. The molecule has 0 unspecified atom stereocenters. The fourth-order valence-corrected chi connectivity index (χ4v) is 5.30. The van der Waals surface area contributed by atoms with Gasteiger partial charge in [0.2, 0.25) is 0 Å². The Morgan fingerprint density at radius 3 is 2.27 bits per heavy atom. The van der Waals surface area contributed by atoms with Gasteiger partial charge in [0.25, 0.3) is 0 Å². The summed E-state index contributed by atoms with van der Waals surface area (Å²) in [7, 11) is 2.96. The third kappa shape index (κ3) is 2.87. The molecule has 1 aromatic rings. The highest BCUT2D eigenvalue weighted by Gasteiger charge is 2.20. The van der Waals surface area contributed by atoms with Crippen LogP contribution in [0.25, 0.3) is 0 Å². The summed E-state index contributed by atoms with van der Waals surface area (Å²) in [5.41, 5.74) is 0.566. The van der Waals surface area contributed by atoms with Crippen LogP contribution in [-0.4, -0.2) is 20.2 Å². The average Bonchev–Trinajstić information content (AvgIpc) is 2.17. The lowest BCUT2D eigenvalue weighted by molar-refractivity contribution is 0.0597. The maximum absolute atomic E-state index is 11.5. The van der Waals surface area contributed by atoms with Gasteiger partial charge in [-0.15, -0.1) is 0 Å². The molecule has 0 amide bonds. The Balaban J connectivity index is 3.45. The van der Waals surface area contributed by atoms with Crippen molar-refractivity contribution >= 4 is 73.7 Å². The van der Waals surface area contributed by atoms with Gasteiger partial charge in [-0.1, -0.05) is 0 Å². The molecule has 0 N–H and O–H groups in total. The zero-order chi connectivity index (χ0) is 11.6. The van der Waals surface area contributed by atoms with E-state index in [-0.39, 0.29) is 5.97 Å². The predicted octanol–water partition coefficient (Wildman–Crippen LogP) is 3.30. The summed E-state index contributed by atoms with van der Waals surface area (Å²) >= 11 is 6.39. The Kier molecular flexibility index (Phi) is 5.36. The number of esters is 1. The molecule has 15 heavy (non-hydrogen) atoms. The molecule has 0 aliphatic heterocycles. The number of benzene rings is 1. The molecule has 0 saturated heterocycles. The first kappa shape index (κ1) is 13.7.